The lowest BCUT2D eigenvalue weighted by Crippen LogP contribution is -2.01. The third-order valence-electron chi connectivity index (χ3n) is 1.69. The fourth-order valence-corrected chi connectivity index (χ4v) is 1.22. The van der Waals surface area contributed by atoms with Crippen LogP contribution in [0.25, 0.3) is 5.82 Å². The van der Waals surface area contributed by atoms with Crippen molar-refractivity contribution in [2.45, 2.75) is 13.8 Å². The number of aromatic nitrogens is 4. The van der Waals surface area contributed by atoms with E-state index in [1.54, 1.807) is 10.9 Å². The summed E-state index contributed by atoms with van der Waals surface area (Å²) in [4.78, 5) is 8.46. The maximum Gasteiger partial charge on any atom is 0.157 e. The summed E-state index contributed by atoms with van der Waals surface area (Å²) in [6.07, 6.45) is 3.59. The molecule has 0 unspecified atom stereocenters. The summed E-state index contributed by atoms with van der Waals surface area (Å²) in [6.45, 7) is 3.82. The summed E-state index contributed by atoms with van der Waals surface area (Å²) < 4.78 is 1.72. The van der Waals surface area contributed by atoms with Crippen LogP contribution in [0.5, 0.6) is 0 Å². The van der Waals surface area contributed by atoms with Gasteiger partial charge in [-0.15, -0.1) is 0 Å². The van der Waals surface area contributed by atoms with Crippen LogP contribution in [0.1, 0.15) is 11.5 Å². The molecule has 0 aliphatic carbocycles. The molecule has 4 heteroatoms. The van der Waals surface area contributed by atoms with E-state index in [1.165, 1.54) is 0 Å². The lowest BCUT2D eigenvalue weighted by Gasteiger charge is -2.02. The van der Waals surface area contributed by atoms with E-state index >= 15 is 0 Å². The van der Waals surface area contributed by atoms with Gasteiger partial charge in [-0.05, 0) is 19.9 Å². The van der Waals surface area contributed by atoms with Crippen molar-refractivity contribution in [2.75, 3.05) is 0 Å². The lowest BCUT2D eigenvalue weighted by molar-refractivity contribution is 0.822. The molecule has 2 heterocycles. The van der Waals surface area contributed by atoms with E-state index in [0.717, 1.165) is 17.3 Å². The van der Waals surface area contributed by atoms with Crippen molar-refractivity contribution in [3.05, 3.63) is 36.0 Å². The molecule has 0 saturated heterocycles. The van der Waals surface area contributed by atoms with E-state index in [4.69, 9.17) is 0 Å². The molecule has 66 valence electrons. The highest BCUT2D eigenvalue weighted by Crippen LogP contribution is 2.04. The second kappa shape index (κ2) is 2.97. The van der Waals surface area contributed by atoms with Gasteiger partial charge < -0.3 is 0 Å². The molecule has 0 N–H and O–H groups in total. The number of aryl methyl sites for hydroxylation is 2. The van der Waals surface area contributed by atoms with Crippen LogP contribution in [0.3, 0.4) is 0 Å². The minimum Gasteiger partial charge on any atom is -0.238 e. The average Bonchev–Trinajstić information content (AvgIpc) is 2.53. The van der Waals surface area contributed by atoms with Gasteiger partial charge in [-0.25, -0.2) is 14.6 Å². The zero-order chi connectivity index (χ0) is 9.26. The van der Waals surface area contributed by atoms with Gasteiger partial charge in [0.05, 0.1) is 0 Å². The summed E-state index contributed by atoms with van der Waals surface area (Å²) in [5, 5.41) is 4.10. The largest absolute Gasteiger partial charge is 0.238 e. The van der Waals surface area contributed by atoms with E-state index in [1.807, 2.05) is 32.2 Å². The molecule has 0 aliphatic rings. The van der Waals surface area contributed by atoms with Crippen molar-refractivity contribution in [3.63, 3.8) is 0 Å². The highest BCUT2D eigenvalue weighted by Gasteiger charge is 1.99. The van der Waals surface area contributed by atoms with Gasteiger partial charge in [-0.2, -0.15) is 5.10 Å². The normalized spacial score (nSPS) is 10.3. The van der Waals surface area contributed by atoms with Crippen molar-refractivity contribution >= 4 is 0 Å². The van der Waals surface area contributed by atoms with Crippen LogP contribution in [-0.4, -0.2) is 19.7 Å². The van der Waals surface area contributed by atoms with Gasteiger partial charge in [0, 0.05) is 24.2 Å². The van der Waals surface area contributed by atoms with E-state index in [9.17, 15) is 0 Å². The van der Waals surface area contributed by atoms with Crippen LogP contribution >= 0.6 is 0 Å². The maximum absolute atomic E-state index is 4.27. The summed E-state index contributed by atoms with van der Waals surface area (Å²) >= 11 is 0. The second-order valence-electron chi connectivity index (χ2n) is 2.87. The van der Waals surface area contributed by atoms with Crippen LogP contribution in [-0.2, 0) is 0 Å². The molecule has 0 atom stereocenters. The van der Waals surface area contributed by atoms with Gasteiger partial charge in [0.1, 0.15) is 5.82 Å². The smallest absolute Gasteiger partial charge is 0.157 e. The average molecular weight is 174 g/mol. The van der Waals surface area contributed by atoms with Gasteiger partial charge in [0.25, 0.3) is 0 Å². The Labute approximate surface area is 76.3 Å². The molecular weight excluding hydrogens is 164 g/mol. The number of nitrogens with zero attached hydrogens (tertiary/aromatic N) is 4. The van der Waals surface area contributed by atoms with E-state index < -0.39 is 0 Å². The second-order valence-corrected chi connectivity index (χ2v) is 2.87. The Morgan fingerprint density at radius 2 is 2.08 bits per heavy atom. The fourth-order valence-electron chi connectivity index (χ4n) is 1.22. The van der Waals surface area contributed by atoms with Gasteiger partial charge in [-0.3, -0.25) is 0 Å². The van der Waals surface area contributed by atoms with Crippen molar-refractivity contribution in [1.82, 2.24) is 19.7 Å². The Kier molecular flexibility index (Phi) is 1.81. The molecule has 2 rings (SSSR count). The highest BCUT2D eigenvalue weighted by atomic mass is 15.3. The predicted molar refractivity (Wildman–Crippen MR) is 48.6 cm³/mol. The minimum absolute atomic E-state index is 0.769. The number of hydrogen-bond acceptors (Lipinski definition) is 3. The standard InChI is InChI=1S/C9H10N4/c1-7-6-9(12-8(2)11-7)13-5-3-4-10-13/h3-6H,1-2H3. The third-order valence-corrected chi connectivity index (χ3v) is 1.69. The van der Waals surface area contributed by atoms with Crippen LogP contribution in [0.4, 0.5) is 0 Å². The molecule has 2 aromatic heterocycles. The minimum atomic E-state index is 0.769. The Bertz CT molecular complexity index is 385. The molecule has 0 spiro atoms. The number of rotatable bonds is 1. The maximum atomic E-state index is 4.27. The van der Waals surface area contributed by atoms with E-state index in [2.05, 4.69) is 15.1 Å². The molecule has 2 aromatic rings. The SMILES string of the molecule is Cc1cc(-n2cccn2)nc(C)n1. The van der Waals surface area contributed by atoms with E-state index in [0.29, 0.717) is 0 Å². The molecule has 0 amide bonds. The summed E-state index contributed by atoms with van der Waals surface area (Å²) in [7, 11) is 0. The lowest BCUT2D eigenvalue weighted by atomic mass is 10.4. The van der Waals surface area contributed by atoms with Crippen molar-refractivity contribution in [2.24, 2.45) is 0 Å². The van der Waals surface area contributed by atoms with Crippen LogP contribution < -0.4 is 0 Å². The van der Waals surface area contributed by atoms with Crippen molar-refractivity contribution in [1.29, 1.82) is 0 Å². The topological polar surface area (TPSA) is 43.6 Å². The Hall–Kier alpha value is -1.71. The molecule has 0 aromatic carbocycles. The van der Waals surface area contributed by atoms with Gasteiger partial charge in [-0.1, -0.05) is 0 Å². The zero-order valence-electron chi connectivity index (χ0n) is 7.60. The highest BCUT2D eigenvalue weighted by molar-refractivity contribution is 5.23. The Morgan fingerprint density at radius 1 is 1.23 bits per heavy atom. The fraction of sp³-hybridized carbons (Fsp3) is 0.222. The van der Waals surface area contributed by atoms with E-state index in [-0.39, 0.29) is 0 Å². The first kappa shape index (κ1) is 7.91. The molecule has 0 bridgehead atoms. The molecule has 0 fully saturated rings. The Balaban J connectivity index is 2.53. The molecule has 0 saturated carbocycles. The first-order chi connectivity index (χ1) is 6.25. The predicted octanol–water partition coefficient (Wildman–Crippen LogP) is 1.28. The monoisotopic (exact) mass is 174 g/mol. The molecular formula is C9H10N4. The zero-order valence-corrected chi connectivity index (χ0v) is 7.60. The summed E-state index contributed by atoms with van der Waals surface area (Å²) in [6, 6.07) is 3.77. The van der Waals surface area contributed by atoms with Crippen LogP contribution in [0, 0.1) is 13.8 Å². The summed E-state index contributed by atoms with van der Waals surface area (Å²) in [5.74, 6) is 1.58. The molecule has 0 aliphatic heterocycles. The molecule has 0 radical (unpaired) electrons. The van der Waals surface area contributed by atoms with Gasteiger partial charge >= 0.3 is 0 Å². The Morgan fingerprint density at radius 3 is 2.69 bits per heavy atom. The van der Waals surface area contributed by atoms with Gasteiger partial charge in [0.2, 0.25) is 0 Å². The van der Waals surface area contributed by atoms with Crippen LogP contribution in [0.2, 0.25) is 0 Å². The van der Waals surface area contributed by atoms with Crippen molar-refractivity contribution in [3.8, 4) is 5.82 Å². The van der Waals surface area contributed by atoms with Crippen molar-refractivity contribution < 1.29 is 0 Å². The van der Waals surface area contributed by atoms with Gasteiger partial charge in [0.15, 0.2) is 5.82 Å². The first-order valence-corrected chi connectivity index (χ1v) is 4.08. The summed E-state index contributed by atoms with van der Waals surface area (Å²) in [5.41, 5.74) is 0.956. The third kappa shape index (κ3) is 1.56. The quantitative estimate of drug-likeness (QED) is 0.654. The number of hydrogen-bond donors (Lipinski definition) is 0. The molecule has 13 heavy (non-hydrogen) atoms. The molecule has 4 nitrogen and oxygen atoms in total. The first-order valence-electron chi connectivity index (χ1n) is 4.08. The van der Waals surface area contributed by atoms with Crippen LogP contribution in [0.15, 0.2) is 24.5 Å².